The lowest BCUT2D eigenvalue weighted by Crippen LogP contribution is -2.31. The van der Waals surface area contributed by atoms with Crippen LogP contribution in [0.5, 0.6) is 0 Å². The molecule has 2 aromatic heterocycles. The third kappa shape index (κ3) is 4.13. The fourth-order valence-corrected chi connectivity index (χ4v) is 3.15. The molecule has 0 saturated carbocycles. The van der Waals surface area contributed by atoms with Crippen molar-refractivity contribution in [3.63, 3.8) is 0 Å². The van der Waals surface area contributed by atoms with Crippen LogP contribution >= 0.6 is 0 Å². The van der Waals surface area contributed by atoms with Crippen molar-refractivity contribution < 1.29 is 4.79 Å². The molecule has 0 radical (unpaired) electrons. The van der Waals surface area contributed by atoms with Gasteiger partial charge in [0, 0.05) is 35.5 Å². The highest BCUT2D eigenvalue weighted by atomic mass is 16.2. The van der Waals surface area contributed by atoms with E-state index < -0.39 is 0 Å². The van der Waals surface area contributed by atoms with Gasteiger partial charge in [-0.15, -0.1) is 0 Å². The molecule has 1 aromatic carbocycles. The van der Waals surface area contributed by atoms with Crippen LogP contribution in [0.15, 0.2) is 42.6 Å². The van der Waals surface area contributed by atoms with Crippen molar-refractivity contribution in [1.29, 1.82) is 0 Å². The standard InChI is InChI=1S/C22H27N3O/c1-3-5-13-25(14-6-4-2)22(26)12-11-17-15-19-18-9-7-8-10-20(18)24-21(19)16-23-17/h7-12,15-16,24H,3-6,13-14H2,1-2H3/b12-11+. The Kier molecular flexibility index (Phi) is 6.05. The van der Waals surface area contributed by atoms with Crippen LogP contribution in [0.25, 0.3) is 27.9 Å². The van der Waals surface area contributed by atoms with E-state index in [-0.39, 0.29) is 5.91 Å². The number of unbranched alkanes of at least 4 members (excludes halogenated alkanes) is 2. The van der Waals surface area contributed by atoms with Crippen LogP contribution in [0.3, 0.4) is 0 Å². The Bertz CT molecular complexity index is 902. The average molecular weight is 349 g/mol. The first kappa shape index (κ1) is 18.2. The van der Waals surface area contributed by atoms with Crippen molar-refractivity contribution in [3.05, 3.63) is 48.3 Å². The Morgan fingerprint density at radius 1 is 1.08 bits per heavy atom. The SMILES string of the molecule is CCCCN(CCCC)C(=O)/C=C/c1cc2c(cn1)[nH]c1ccccc12. The number of para-hydroxylation sites is 1. The lowest BCUT2D eigenvalue weighted by molar-refractivity contribution is -0.126. The predicted molar refractivity (Wildman–Crippen MR) is 109 cm³/mol. The summed E-state index contributed by atoms with van der Waals surface area (Å²) >= 11 is 0. The van der Waals surface area contributed by atoms with E-state index in [4.69, 9.17) is 0 Å². The van der Waals surface area contributed by atoms with Crippen LogP contribution in [0, 0.1) is 0 Å². The third-order valence-electron chi connectivity index (χ3n) is 4.68. The van der Waals surface area contributed by atoms with Gasteiger partial charge < -0.3 is 9.88 Å². The summed E-state index contributed by atoms with van der Waals surface area (Å²) in [5.41, 5.74) is 2.93. The molecule has 0 saturated heterocycles. The Morgan fingerprint density at radius 3 is 2.54 bits per heavy atom. The van der Waals surface area contributed by atoms with E-state index in [9.17, 15) is 4.79 Å². The molecular weight excluding hydrogens is 322 g/mol. The van der Waals surface area contributed by atoms with Crippen LogP contribution in [-0.4, -0.2) is 33.9 Å². The van der Waals surface area contributed by atoms with Gasteiger partial charge in [-0.25, -0.2) is 0 Å². The smallest absolute Gasteiger partial charge is 0.246 e. The summed E-state index contributed by atoms with van der Waals surface area (Å²) in [6.07, 6.45) is 9.61. The number of nitrogens with zero attached hydrogens (tertiary/aromatic N) is 2. The van der Waals surface area contributed by atoms with Gasteiger partial charge in [-0.2, -0.15) is 0 Å². The quantitative estimate of drug-likeness (QED) is 0.571. The van der Waals surface area contributed by atoms with Gasteiger partial charge in [0.2, 0.25) is 5.91 Å². The number of aromatic nitrogens is 2. The van der Waals surface area contributed by atoms with E-state index in [1.54, 1.807) is 6.08 Å². The molecule has 0 aliphatic heterocycles. The Labute approximate surface area is 154 Å². The highest BCUT2D eigenvalue weighted by Crippen LogP contribution is 2.25. The first-order valence-electron chi connectivity index (χ1n) is 9.56. The predicted octanol–water partition coefficient (Wildman–Crippen LogP) is 5.16. The zero-order chi connectivity index (χ0) is 18.4. The average Bonchev–Trinajstić information content (AvgIpc) is 3.04. The van der Waals surface area contributed by atoms with E-state index in [2.05, 4.69) is 35.9 Å². The van der Waals surface area contributed by atoms with Gasteiger partial charge in [-0.3, -0.25) is 9.78 Å². The molecule has 0 atom stereocenters. The zero-order valence-electron chi connectivity index (χ0n) is 15.7. The van der Waals surface area contributed by atoms with Crippen molar-refractivity contribution in [2.75, 3.05) is 13.1 Å². The molecule has 1 N–H and O–H groups in total. The van der Waals surface area contributed by atoms with Crippen molar-refractivity contribution >= 4 is 33.8 Å². The van der Waals surface area contributed by atoms with E-state index in [0.29, 0.717) is 0 Å². The molecule has 2 heterocycles. The Hall–Kier alpha value is -2.62. The number of hydrogen-bond acceptors (Lipinski definition) is 2. The molecule has 4 nitrogen and oxygen atoms in total. The topological polar surface area (TPSA) is 49.0 Å². The van der Waals surface area contributed by atoms with Gasteiger partial charge >= 0.3 is 0 Å². The molecule has 0 fully saturated rings. The first-order chi connectivity index (χ1) is 12.7. The summed E-state index contributed by atoms with van der Waals surface area (Å²) in [5, 5.41) is 2.31. The molecule has 0 bridgehead atoms. The summed E-state index contributed by atoms with van der Waals surface area (Å²) in [7, 11) is 0. The van der Waals surface area contributed by atoms with E-state index >= 15 is 0 Å². The lowest BCUT2D eigenvalue weighted by atomic mass is 10.1. The molecule has 26 heavy (non-hydrogen) atoms. The molecule has 0 aliphatic carbocycles. The van der Waals surface area contributed by atoms with Gasteiger partial charge in [-0.1, -0.05) is 44.9 Å². The zero-order valence-corrected chi connectivity index (χ0v) is 15.7. The van der Waals surface area contributed by atoms with Crippen LogP contribution in [0.4, 0.5) is 0 Å². The number of nitrogens with one attached hydrogen (secondary N) is 1. The maximum atomic E-state index is 12.6. The minimum absolute atomic E-state index is 0.0766. The molecular formula is C22H27N3O. The molecule has 136 valence electrons. The number of rotatable bonds is 8. The van der Waals surface area contributed by atoms with Crippen molar-refractivity contribution in [3.8, 4) is 0 Å². The Balaban J connectivity index is 1.79. The van der Waals surface area contributed by atoms with Crippen LogP contribution in [0.2, 0.25) is 0 Å². The number of fused-ring (bicyclic) bond motifs is 3. The Morgan fingerprint density at radius 2 is 1.81 bits per heavy atom. The normalized spacial score (nSPS) is 11.6. The molecule has 1 amide bonds. The van der Waals surface area contributed by atoms with Gasteiger partial charge in [0.25, 0.3) is 0 Å². The number of benzene rings is 1. The molecule has 3 rings (SSSR count). The number of hydrogen-bond donors (Lipinski definition) is 1. The number of carbonyl (C=O) groups is 1. The second-order valence-electron chi connectivity index (χ2n) is 6.69. The number of pyridine rings is 1. The van der Waals surface area contributed by atoms with Crippen molar-refractivity contribution in [2.45, 2.75) is 39.5 Å². The van der Waals surface area contributed by atoms with E-state index in [1.807, 2.05) is 35.4 Å². The first-order valence-corrected chi connectivity index (χ1v) is 9.56. The number of amides is 1. The summed E-state index contributed by atoms with van der Waals surface area (Å²) in [4.78, 5) is 22.4. The van der Waals surface area contributed by atoms with Crippen molar-refractivity contribution in [2.24, 2.45) is 0 Å². The van der Waals surface area contributed by atoms with E-state index in [1.165, 1.54) is 5.39 Å². The minimum Gasteiger partial charge on any atom is -0.353 e. The fraction of sp³-hybridized carbons (Fsp3) is 0.364. The van der Waals surface area contributed by atoms with E-state index in [0.717, 1.165) is 60.9 Å². The summed E-state index contributed by atoms with van der Waals surface area (Å²) in [5.74, 6) is 0.0766. The second kappa shape index (κ2) is 8.65. The van der Waals surface area contributed by atoms with Crippen LogP contribution in [0.1, 0.15) is 45.2 Å². The number of H-pyrrole nitrogens is 1. The fourth-order valence-electron chi connectivity index (χ4n) is 3.15. The maximum Gasteiger partial charge on any atom is 0.246 e. The largest absolute Gasteiger partial charge is 0.353 e. The molecule has 4 heteroatoms. The van der Waals surface area contributed by atoms with Gasteiger partial charge in [0.15, 0.2) is 0 Å². The highest BCUT2D eigenvalue weighted by molar-refractivity contribution is 6.07. The molecule has 3 aromatic rings. The third-order valence-corrected chi connectivity index (χ3v) is 4.68. The maximum absolute atomic E-state index is 12.6. The lowest BCUT2D eigenvalue weighted by Gasteiger charge is -2.20. The number of carbonyl (C=O) groups excluding carboxylic acids is 1. The van der Waals surface area contributed by atoms with Crippen LogP contribution < -0.4 is 0 Å². The van der Waals surface area contributed by atoms with Gasteiger partial charge in [0.1, 0.15) is 0 Å². The van der Waals surface area contributed by atoms with Crippen LogP contribution in [-0.2, 0) is 4.79 Å². The molecule has 0 spiro atoms. The summed E-state index contributed by atoms with van der Waals surface area (Å²) in [6, 6.07) is 10.3. The second-order valence-corrected chi connectivity index (χ2v) is 6.69. The van der Waals surface area contributed by atoms with Gasteiger partial charge in [0.05, 0.1) is 17.4 Å². The molecule has 0 aliphatic rings. The summed E-state index contributed by atoms with van der Waals surface area (Å²) < 4.78 is 0. The molecule has 0 unspecified atom stereocenters. The summed E-state index contributed by atoms with van der Waals surface area (Å²) in [6.45, 7) is 5.96. The van der Waals surface area contributed by atoms with Crippen molar-refractivity contribution in [1.82, 2.24) is 14.9 Å². The van der Waals surface area contributed by atoms with Gasteiger partial charge in [-0.05, 0) is 31.1 Å². The highest BCUT2D eigenvalue weighted by Gasteiger charge is 2.10. The minimum atomic E-state index is 0.0766. The number of aromatic amines is 1. The monoisotopic (exact) mass is 349 g/mol.